The molecule has 2 amide bonds. The number of hydrogen-bond acceptors (Lipinski definition) is 17. The lowest BCUT2D eigenvalue weighted by molar-refractivity contribution is -0.272. The zero-order valence-electron chi connectivity index (χ0n) is 26.9. The summed E-state index contributed by atoms with van der Waals surface area (Å²) in [4.78, 5) is 23.0. The molecule has 2 fully saturated rings. The van der Waals surface area contributed by atoms with Gasteiger partial charge in [0.15, 0.2) is 12.6 Å². The summed E-state index contributed by atoms with van der Waals surface area (Å²) in [6.45, 7) is 3.39. The number of carbonyl (C=O) groups excluding carboxylic acids is 2. The Labute approximate surface area is 273 Å². The second kappa shape index (κ2) is 22.9. The molecule has 19 heteroatoms. The molecule has 2 rings (SSSR count). The Balaban J connectivity index is 1.50. The van der Waals surface area contributed by atoms with Crippen LogP contribution in [0.2, 0.25) is 0 Å². The molecule has 11 atom stereocenters. The third-order valence-electron chi connectivity index (χ3n) is 7.15. The molecule has 0 aliphatic carbocycles. The molecule has 0 saturated carbocycles. The number of aliphatic hydroxyl groups is 6. The molecule has 0 aromatic rings. The Morgan fingerprint density at radius 2 is 1.17 bits per heavy atom. The minimum Gasteiger partial charge on any atom is -0.394 e. The molecular formula is C28H53N3O16. The van der Waals surface area contributed by atoms with E-state index >= 15 is 0 Å². The van der Waals surface area contributed by atoms with Crippen LogP contribution in [0.4, 0.5) is 0 Å². The largest absolute Gasteiger partial charge is 0.394 e. The standard InChI is InChI=1S/C28H53N3O16/c1-16(34)30-19-11-20(36)24(37)21(12-32)46-27(19)44-9-7-40-3-5-42-14-18(29)15-43-6-4-41-8-10-45-28-23(31-17(2)35)26(39)25(38)22(13-33)47-28/h18-28,32-33,36-39H,3-15,29H2,1-2H3,(H,30,34)(H,31,35)/t18?,19?,20?,21?,22?,23?,24-,25+,26-,27-,28-/m1/s1. The number of amides is 2. The van der Waals surface area contributed by atoms with E-state index in [2.05, 4.69) is 10.6 Å². The van der Waals surface area contributed by atoms with Gasteiger partial charge in [0.25, 0.3) is 0 Å². The summed E-state index contributed by atoms with van der Waals surface area (Å²) in [6.07, 6.45) is -9.60. The van der Waals surface area contributed by atoms with E-state index in [1.165, 1.54) is 13.8 Å². The molecule has 0 bridgehead atoms. The summed E-state index contributed by atoms with van der Waals surface area (Å²) in [5.74, 6) is -0.810. The van der Waals surface area contributed by atoms with Gasteiger partial charge in [0.1, 0.15) is 36.6 Å². The van der Waals surface area contributed by atoms with E-state index in [4.69, 9.17) is 43.6 Å². The fraction of sp³-hybridized carbons (Fsp3) is 0.929. The van der Waals surface area contributed by atoms with Crippen molar-refractivity contribution < 1.29 is 78.1 Å². The Morgan fingerprint density at radius 1 is 0.702 bits per heavy atom. The smallest absolute Gasteiger partial charge is 0.217 e. The van der Waals surface area contributed by atoms with Gasteiger partial charge in [-0.3, -0.25) is 9.59 Å². The maximum absolute atomic E-state index is 11.6. The van der Waals surface area contributed by atoms with E-state index in [1.807, 2.05) is 0 Å². The first kappa shape index (κ1) is 41.5. The van der Waals surface area contributed by atoms with Gasteiger partial charge in [-0.25, -0.2) is 0 Å². The zero-order valence-corrected chi connectivity index (χ0v) is 26.9. The van der Waals surface area contributed by atoms with E-state index in [-0.39, 0.29) is 84.4 Å². The second-order valence-corrected chi connectivity index (χ2v) is 11.1. The first-order chi connectivity index (χ1) is 22.5. The third-order valence-corrected chi connectivity index (χ3v) is 7.15. The highest BCUT2D eigenvalue weighted by Crippen LogP contribution is 2.23. The summed E-state index contributed by atoms with van der Waals surface area (Å²) in [7, 11) is 0. The normalized spacial score (nSPS) is 32.0. The molecule has 0 aromatic heterocycles. The monoisotopic (exact) mass is 687 g/mol. The number of aliphatic hydroxyl groups excluding tert-OH is 6. The van der Waals surface area contributed by atoms with E-state index in [0.29, 0.717) is 0 Å². The number of ether oxygens (including phenoxy) is 8. The first-order valence-corrected chi connectivity index (χ1v) is 15.6. The highest BCUT2D eigenvalue weighted by molar-refractivity contribution is 5.73. The van der Waals surface area contributed by atoms with Crippen LogP contribution >= 0.6 is 0 Å². The molecule has 2 aliphatic heterocycles. The zero-order chi connectivity index (χ0) is 34.8. The van der Waals surface area contributed by atoms with E-state index in [0.717, 1.165) is 0 Å². The number of nitrogens with two attached hydrogens (primary N) is 1. The van der Waals surface area contributed by atoms with Gasteiger partial charge in [-0.15, -0.1) is 0 Å². The average molecular weight is 688 g/mol. The molecule has 19 nitrogen and oxygen atoms in total. The van der Waals surface area contributed by atoms with Gasteiger partial charge >= 0.3 is 0 Å². The van der Waals surface area contributed by atoms with Crippen molar-refractivity contribution in [3.63, 3.8) is 0 Å². The SMILES string of the molecule is CC(=O)NC1CC(O)[C@@H](O)C(CO)O[C@H]1OCCOCCOCC(N)COCCOCCO[C@@H]1OC(CO)[C@H](O)[C@H](O)C1NC(C)=O. The Kier molecular flexibility index (Phi) is 20.2. The van der Waals surface area contributed by atoms with E-state index in [9.17, 15) is 40.2 Å². The minimum atomic E-state index is -1.39. The molecule has 0 spiro atoms. The fourth-order valence-electron chi connectivity index (χ4n) is 4.82. The van der Waals surface area contributed by atoms with Gasteiger partial charge in [0.05, 0.1) is 97.5 Å². The predicted molar refractivity (Wildman–Crippen MR) is 159 cm³/mol. The lowest BCUT2D eigenvalue weighted by Gasteiger charge is -2.42. The third kappa shape index (κ3) is 15.2. The summed E-state index contributed by atoms with van der Waals surface area (Å²) >= 11 is 0. The fourth-order valence-corrected chi connectivity index (χ4v) is 4.82. The number of rotatable bonds is 22. The maximum Gasteiger partial charge on any atom is 0.217 e. The Hall–Kier alpha value is -1.66. The van der Waals surface area contributed by atoms with Gasteiger partial charge in [-0.2, -0.15) is 0 Å². The molecule has 2 saturated heterocycles. The Morgan fingerprint density at radius 3 is 1.70 bits per heavy atom. The molecule has 10 N–H and O–H groups in total. The number of nitrogens with one attached hydrogen (secondary N) is 2. The van der Waals surface area contributed by atoms with Crippen molar-refractivity contribution in [3.05, 3.63) is 0 Å². The van der Waals surface area contributed by atoms with E-state index < -0.39 is 80.4 Å². The van der Waals surface area contributed by atoms with Crippen molar-refractivity contribution in [1.82, 2.24) is 10.6 Å². The lowest BCUT2D eigenvalue weighted by Crippen LogP contribution is -2.64. The van der Waals surface area contributed by atoms with Gasteiger partial charge in [0.2, 0.25) is 11.8 Å². The summed E-state index contributed by atoms with van der Waals surface area (Å²) in [6, 6.07) is -2.15. The molecule has 2 aliphatic rings. The van der Waals surface area contributed by atoms with Crippen molar-refractivity contribution in [3.8, 4) is 0 Å². The highest BCUT2D eigenvalue weighted by Gasteiger charge is 2.45. The summed E-state index contributed by atoms with van der Waals surface area (Å²) < 4.78 is 44.2. The van der Waals surface area contributed by atoms with Crippen LogP contribution in [0.25, 0.3) is 0 Å². The van der Waals surface area contributed by atoms with Crippen LogP contribution < -0.4 is 16.4 Å². The van der Waals surface area contributed by atoms with Crippen LogP contribution in [0.5, 0.6) is 0 Å². The van der Waals surface area contributed by atoms with Crippen LogP contribution in [-0.4, -0.2) is 189 Å². The molecule has 276 valence electrons. The van der Waals surface area contributed by atoms with Crippen LogP contribution in [0, 0.1) is 0 Å². The van der Waals surface area contributed by atoms with Gasteiger partial charge in [0, 0.05) is 20.3 Å². The molecular weight excluding hydrogens is 634 g/mol. The topological polar surface area (TPSA) is 279 Å². The second-order valence-electron chi connectivity index (χ2n) is 11.1. The van der Waals surface area contributed by atoms with Crippen LogP contribution in [0.1, 0.15) is 20.3 Å². The minimum absolute atomic E-state index is 0.0200. The molecule has 2 heterocycles. The maximum atomic E-state index is 11.6. The number of hydrogen-bond donors (Lipinski definition) is 9. The van der Waals surface area contributed by atoms with Crippen LogP contribution in [-0.2, 0) is 47.5 Å². The van der Waals surface area contributed by atoms with Crippen LogP contribution in [0.3, 0.4) is 0 Å². The van der Waals surface area contributed by atoms with Gasteiger partial charge < -0.3 is 84.9 Å². The van der Waals surface area contributed by atoms with E-state index in [1.54, 1.807) is 0 Å². The Bertz CT molecular complexity index is 878. The average Bonchev–Trinajstić information content (AvgIpc) is 3.13. The quantitative estimate of drug-likeness (QED) is 0.0481. The highest BCUT2D eigenvalue weighted by atomic mass is 16.7. The lowest BCUT2D eigenvalue weighted by atomic mass is 9.97. The van der Waals surface area contributed by atoms with Crippen molar-refractivity contribution in [2.45, 2.75) is 87.6 Å². The van der Waals surface area contributed by atoms with Crippen molar-refractivity contribution in [2.24, 2.45) is 5.73 Å². The van der Waals surface area contributed by atoms with Crippen molar-refractivity contribution >= 4 is 11.8 Å². The molecule has 0 radical (unpaired) electrons. The molecule has 47 heavy (non-hydrogen) atoms. The van der Waals surface area contributed by atoms with Crippen LogP contribution in [0.15, 0.2) is 0 Å². The van der Waals surface area contributed by atoms with Crippen molar-refractivity contribution in [1.29, 1.82) is 0 Å². The molecule has 6 unspecified atom stereocenters. The number of carbonyl (C=O) groups is 2. The van der Waals surface area contributed by atoms with Crippen molar-refractivity contribution in [2.75, 3.05) is 79.3 Å². The predicted octanol–water partition coefficient (Wildman–Crippen LogP) is -5.31. The molecule has 0 aromatic carbocycles. The van der Waals surface area contributed by atoms with Gasteiger partial charge in [-0.05, 0) is 0 Å². The summed E-state index contributed by atoms with van der Waals surface area (Å²) in [5.41, 5.74) is 5.99. The van der Waals surface area contributed by atoms with Gasteiger partial charge in [-0.1, -0.05) is 0 Å². The summed E-state index contributed by atoms with van der Waals surface area (Å²) in [5, 5.41) is 64.5. The first-order valence-electron chi connectivity index (χ1n) is 15.6.